The molecule has 1 rings (SSSR count). The van der Waals surface area contributed by atoms with Gasteiger partial charge in [0.05, 0.1) is 0 Å². The summed E-state index contributed by atoms with van der Waals surface area (Å²) in [6.07, 6.45) is 0.998. The molecule has 0 bridgehead atoms. The zero-order chi connectivity index (χ0) is 20.7. The standard InChI is InChI=1S/C21H41NO3Si2/c1-18(2)27(19(3)4,20(5)6)22(21-14-11-10-12-15-21)16-13-17-26(23-7,24-8)25-9/h10-12,14-15,18-20H,13,16-17H2,1-9H3. The van der Waals surface area contributed by atoms with Crippen LogP contribution in [0.3, 0.4) is 0 Å². The summed E-state index contributed by atoms with van der Waals surface area (Å²) < 4.78 is 19.7. The summed E-state index contributed by atoms with van der Waals surface area (Å²) in [5, 5.41) is 0. The van der Waals surface area contributed by atoms with Crippen LogP contribution in [0.4, 0.5) is 5.69 Å². The molecule has 0 heterocycles. The summed E-state index contributed by atoms with van der Waals surface area (Å²) in [4.78, 5) is 0. The van der Waals surface area contributed by atoms with Crippen LogP contribution in [-0.4, -0.2) is 44.9 Å². The molecule has 156 valence electrons. The van der Waals surface area contributed by atoms with E-state index in [1.165, 1.54) is 5.69 Å². The van der Waals surface area contributed by atoms with Crippen LogP contribution in [0.1, 0.15) is 48.0 Å². The zero-order valence-corrected chi connectivity index (χ0v) is 20.9. The predicted molar refractivity (Wildman–Crippen MR) is 121 cm³/mol. The van der Waals surface area contributed by atoms with E-state index >= 15 is 0 Å². The normalized spacial score (nSPS) is 13.0. The van der Waals surface area contributed by atoms with Gasteiger partial charge >= 0.3 is 8.80 Å². The Morgan fingerprint density at radius 2 is 1.22 bits per heavy atom. The Bertz CT molecular complexity index is 503. The Labute approximate surface area is 169 Å². The van der Waals surface area contributed by atoms with Crippen molar-refractivity contribution in [1.82, 2.24) is 0 Å². The van der Waals surface area contributed by atoms with Crippen molar-refractivity contribution >= 4 is 22.7 Å². The van der Waals surface area contributed by atoms with Gasteiger partial charge in [-0.1, -0.05) is 59.7 Å². The van der Waals surface area contributed by atoms with Gasteiger partial charge in [0.2, 0.25) is 0 Å². The van der Waals surface area contributed by atoms with Crippen LogP contribution < -0.4 is 4.57 Å². The van der Waals surface area contributed by atoms with Gasteiger partial charge < -0.3 is 17.8 Å². The van der Waals surface area contributed by atoms with Crippen LogP contribution in [0.25, 0.3) is 0 Å². The largest absolute Gasteiger partial charge is 0.500 e. The van der Waals surface area contributed by atoms with E-state index in [-0.39, 0.29) is 0 Å². The molecule has 1 aromatic carbocycles. The van der Waals surface area contributed by atoms with Gasteiger partial charge in [-0.3, -0.25) is 0 Å². The van der Waals surface area contributed by atoms with Crippen LogP contribution in [0.15, 0.2) is 30.3 Å². The van der Waals surface area contributed by atoms with E-state index in [0.717, 1.165) is 19.0 Å². The van der Waals surface area contributed by atoms with Crippen molar-refractivity contribution in [2.75, 3.05) is 32.4 Å². The highest BCUT2D eigenvalue weighted by atomic mass is 28.4. The molecule has 0 saturated carbocycles. The molecular formula is C21H41NO3Si2. The third-order valence-electron chi connectivity index (χ3n) is 6.11. The van der Waals surface area contributed by atoms with E-state index in [0.29, 0.717) is 16.6 Å². The molecule has 0 aliphatic rings. The first-order valence-electron chi connectivity index (χ1n) is 10.2. The molecule has 0 fully saturated rings. The fourth-order valence-corrected chi connectivity index (χ4v) is 13.8. The lowest BCUT2D eigenvalue weighted by atomic mass is 10.3. The van der Waals surface area contributed by atoms with Gasteiger partial charge in [-0.25, -0.2) is 0 Å². The summed E-state index contributed by atoms with van der Waals surface area (Å²) >= 11 is 0. The van der Waals surface area contributed by atoms with Gasteiger partial charge in [0.15, 0.2) is 8.24 Å². The monoisotopic (exact) mass is 411 g/mol. The molecule has 0 aliphatic carbocycles. The summed E-state index contributed by atoms with van der Waals surface area (Å²) in [6.45, 7) is 15.5. The van der Waals surface area contributed by atoms with Crippen molar-refractivity contribution in [2.24, 2.45) is 0 Å². The predicted octanol–water partition coefficient (Wildman–Crippen LogP) is 5.94. The highest BCUT2D eigenvalue weighted by Crippen LogP contribution is 2.46. The maximum absolute atomic E-state index is 5.64. The first kappa shape index (κ1) is 24.4. The number of hydrogen-bond acceptors (Lipinski definition) is 4. The van der Waals surface area contributed by atoms with Crippen molar-refractivity contribution < 1.29 is 13.3 Å². The molecule has 0 unspecified atom stereocenters. The van der Waals surface area contributed by atoms with Crippen molar-refractivity contribution in [3.05, 3.63) is 30.3 Å². The number of anilines is 1. The van der Waals surface area contributed by atoms with E-state index in [2.05, 4.69) is 76.4 Å². The van der Waals surface area contributed by atoms with Crippen molar-refractivity contribution in [3.63, 3.8) is 0 Å². The maximum atomic E-state index is 5.64. The molecule has 6 heteroatoms. The average molecular weight is 412 g/mol. The fourth-order valence-electron chi connectivity index (χ4n) is 5.10. The van der Waals surface area contributed by atoms with E-state index in [9.17, 15) is 0 Å². The number of hydrogen-bond donors (Lipinski definition) is 0. The lowest BCUT2D eigenvalue weighted by Gasteiger charge is -2.52. The van der Waals surface area contributed by atoms with Crippen LogP contribution in [0.2, 0.25) is 22.7 Å². The lowest BCUT2D eigenvalue weighted by molar-refractivity contribution is 0.123. The minimum atomic E-state index is -2.54. The summed E-state index contributed by atoms with van der Waals surface area (Å²) in [5.74, 6) is 0. The van der Waals surface area contributed by atoms with Crippen LogP contribution in [0.5, 0.6) is 0 Å². The molecule has 0 amide bonds. The highest BCUT2D eigenvalue weighted by molar-refractivity contribution is 6.86. The first-order valence-corrected chi connectivity index (χ1v) is 14.3. The fraction of sp³-hybridized carbons (Fsp3) is 0.714. The van der Waals surface area contributed by atoms with Gasteiger partial charge in [-0.15, -0.1) is 0 Å². The molecular weight excluding hydrogens is 370 g/mol. The summed E-state index contributed by atoms with van der Waals surface area (Å²) in [7, 11) is 0.758. The van der Waals surface area contributed by atoms with Crippen LogP contribution in [-0.2, 0) is 13.3 Å². The number of benzene rings is 1. The molecule has 0 radical (unpaired) electrons. The molecule has 1 aromatic rings. The second-order valence-electron chi connectivity index (χ2n) is 8.24. The van der Waals surface area contributed by atoms with Gasteiger partial charge in [-0.2, -0.15) is 0 Å². The smallest absolute Gasteiger partial charge is 0.396 e. The van der Waals surface area contributed by atoms with Gasteiger partial charge in [0, 0.05) is 39.6 Å². The summed E-state index contributed by atoms with van der Waals surface area (Å²) in [6, 6.07) is 11.8. The highest BCUT2D eigenvalue weighted by Gasteiger charge is 2.48. The third kappa shape index (κ3) is 5.23. The molecule has 4 nitrogen and oxygen atoms in total. The Balaban J connectivity index is 3.25. The van der Waals surface area contributed by atoms with Gasteiger partial charge in [-0.05, 0) is 35.2 Å². The number of rotatable bonds is 12. The SMILES string of the molecule is CO[Si](CCCN(c1ccccc1)[Si](C(C)C)(C(C)C)C(C)C)(OC)OC. The molecule has 0 N–H and O–H groups in total. The van der Waals surface area contributed by atoms with E-state index < -0.39 is 17.0 Å². The van der Waals surface area contributed by atoms with Crippen LogP contribution >= 0.6 is 0 Å². The Morgan fingerprint density at radius 1 is 0.778 bits per heavy atom. The molecule has 0 atom stereocenters. The average Bonchev–Trinajstić information content (AvgIpc) is 2.64. The number of para-hydroxylation sites is 1. The first-order chi connectivity index (χ1) is 12.7. The van der Waals surface area contributed by atoms with Gasteiger partial charge in [0.1, 0.15) is 0 Å². The zero-order valence-electron chi connectivity index (χ0n) is 18.9. The van der Waals surface area contributed by atoms with E-state index in [1.54, 1.807) is 21.3 Å². The Hall–Kier alpha value is -0.666. The van der Waals surface area contributed by atoms with E-state index in [4.69, 9.17) is 13.3 Å². The third-order valence-corrected chi connectivity index (χ3v) is 15.9. The minimum Gasteiger partial charge on any atom is -0.396 e. The Morgan fingerprint density at radius 3 is 1.59 bits per heavy atom. The molecule has 0 spiro atoms. The second-order valence-corrected chi connectivity index (χ2v) is 17.1. The van der Waals surface area contributed by atoms with Crippen LogP contribution in [0, 0.1) is 0 Å². The van der Waals surface area contributed by atoms with Crippen molar-refractivity contribution in [2.45, 2.75) is 70.6 Å². The molecule has 0 aliphatic heterocycles. The molecule has 27 heavy (non-hydrogen) atoms. The molecule has 0 saturated heterocycles. The molecule has 0 aromatic heterocycles. The minimum absolute atomic E-state index is 0.659. The summed E-state index contributed by atoms with van der Waals surface area (Å²) in [5.41, 5.74) is 3.32. The van der Waals surface area contributed by atoms with Crippen molar-refractivity contribution in [3.8, 4) is 0 Å². The maximum Gasteiger partial charge on any atom is 0.500 e. The van der Waals surface area contributed by atoms with Gasteiger partial charge in [0.25, 0.3) is 0 Å². The lowest BCUT2D eigenvalue weighted by Crippen LogP contribution is -2.61. The van der Waals surface area contributed by atoms with Crippen molar-refractivity contribution in [1.29, 1.82) is 0 Å². The quantitative estimate of drug-likeness (QED) is 0.398. The number of nitrogens with zero attached hydrogens (tertiary/aromatic N) is 1. The Kier molecular flexibility index (Phi) is 9.71. The second kappa shape index (κ2) is 10.8. The van der Waals surface area contributed by atoms with E-state index in [1.807, 2.05) is 0 Å². The topological polar surface area (TPSA) is 30.9 Å².